The Morgan fingerprint density at radius 3 is 2.37 bits per heavy atom. The molecule has 2 rings (SSSR count). The van der Waals surface area contributed by atoms with Crippen LogP contribution in [0.1, 0.15) is 25.8 Å². The number of benzene rings is 1. The highest BCUT2D eigenvalue weighted by atomic mass is 16.4. The molecule has 1 aliphatic rings. The summed E-state index contributed by atoms with van der Waals surface area (Å²) in [7, 11) is 0. The standard InChI is InChI=1S/C14H18N2O3/c1-14(2)8-11(14)16-13(19)15-10-5-3-9(4-6-10)7-12(17)18/h3-6,11H,7-8H2,1-2H3,(H,17,18)(H2,15,16,19). The summed E-state index contributed by atoms with van der Waals surface area (Å²) in [6, 6.07) is 6.82. The molecule has 1 fully saturated rings. The van der Waals surface area contributed by atoms with Crippen LogP contribution in [-0.4, -0.2) is 23.1 Å². The van der Waals surface area contributed by atoms with Gasteiger partial charge in [0.25, 0.3) is 0 Å². The molecule has 0 aromatic heterocycles. The van der Waals surface area contributed by atoms with Crippen molar-refractivity contribution >= 4 is 17.7 Å². The average Bonchev–Trinajstić information content (AvgIpc) is 2.88. The molecule has 0 heterocycles. The maximum atomic E-state index is 11.7. The summed E-state index contributed by atoms with van der Waals surface area (Å²) < 4.78 is 0. The lowest BCUT2D eigenvalue weighted by molar-refractivity contribution is -0.136. The van der Waals surface area contributed by atoms with Crippen LogP contribution in [-0.2, 0) is 11.2 Å². The normalized spacial score (nSPS) is 19.6. The summed E-state index contributed by atoms with van der Waals surface area (Å²) in [5.74, 6) is -0.866. The van der Waals surface area contributed by atoms with Gasteiger partial charge in [0, 0.05) is 11.7 Å². The third-order valence-corrected chi connectivity index (χ3v) is 3.39. The first-order valence-corrected chi connectivity index (χ1v) is 6.25. The molecule has 1 unspecified atom stereocenters. The van der Waals surface area contributed by atoms with E-state index in [0.717, 1.165) is 6.42 Å². The van der Waals surface area contributed by atoms with Crippen LogP contribution in [0, 0.1) is 5.41 Å². The molecule has 1 aromatic carbocycles. The second-order valence-electron chi connectivity index (χ2n) is 5.61. The Hall–Kier alpha value is -2.04. The van der Waals surface area contributed by atoms with E-state index >= 15 is 0 Å². The van der Waals surface area contributed by atoms with Crippen molar-refractivity contribution < 1.29 is 14.7 Å². The van der Waals surface area contributed by atoms with Crippen molar-refractivity contribution in [3.05, 3.63) is 29.8 Å². The van der Waals surface area contributed by atoms with Gasteiger partial charge >= 0.3 is 12.0 Å². The summed E-state index contributed by atoms with van der Waals surface area (Å²) >= 11 is 0. The Labute approximate surface area is 112 Å². The first kappa shape index (κ1) is 13.4. The molecule has 5 heteroatoms. The maximum absolute atomic E-state index is 11.7. The molecule has 19 heavy (non-hydrogen) atoms. The molecular formula is C14H18N2O3. The second kappa shape index (κ2) is 4.91. The molecule has 0 radical (unpaired) electrons. The lowest BCUT2D eigenvalue weighted by Crippen LogP contribution is -2.32. The van der Waals surface area contributed by atoms with Gasteiger partial charge in [0.2, 0.25) is 0 Å². The van der Waals surface area contributed by atoms with Crippen LogP contribution in [0.4, 0.5) is 10.5 Å². The lowest BCUT2D eigenvalue weighted by Gasteiger charge is -2.09. The maximum Gasteiger partial charge on any atom is 0.319 e. The average molecular weight is 262 g/mol. The number of nitrogens with one attached hydrogen (secondary N) is 2. The van der Waals surface area contributed by atoms with Gasteiger partial charge in [0.1, 0.15) is 0 Å². The van der Waals surface area contributed by atoms with Crippen LogP contribution in [0.3, 0.4) is 0 Å². The van der Waals surface area contributed by atoms with Crippen LogP contribution in [0.25, 0.3) is 0 Å². The van der Waals surface area contributed by atoms with Crippen molar-refractivity contribution in [2.24, 2.45) is 5.41 Å². The number of anilines is 1. The van der Waals surface area contributed by atoms with Gasteiger partial charge in [-0.05, 0) is 29.5 Å². The minimum atomic E-state index is -0.866. The summed E-state index contributed by atoms with van der Waals surface area (Å²) in [6.45, 7) is 4.22. The van der Waals surface area contributed by atoms with E-state index in [-0.39, 0.29) is 23.9 Å². The number of amides is 2. The SMILES string of the molecule is CC1(C)CC1NC(=O)Nc1ccc(CC(=O)O)cc1. The number of carboxylic acid groups (broad SMARTS) is 1. The molecule has 0 saturated heterocycles. The fraction of sp³-hybridized carbons (Fsp3) is 0.429. The van der Waals surface area contributed by atoms with Gasteiger partial charge in [-0.15, -0.1) is 0 Å². The highest BCUT2D eigenvalue weighted by molar-refractivity contribution is 5.89. The van der Waals surface area contributed by atoms with Gasteiger partial charge < -0.3 is 15.7 Å². The number of aliphatic carboxylic acids is 1. The zero-order chi connectivity index (χ0) is 14.0. The van der Waals surface area contributed by atoms with E-state index in [2.05, 4.69) is 24.5 Å². The van der Waals surface area contributed by atoms with E-state index < -0.39 is 5.97 Å². The quantitative estimate of drug-likeness (QED) is 0.778. The highest BCUT2D eigenvalue weighted by Gasteiger charge is 2.46. The number of rotatable bonds is 4. The van der Waals surface area contributed by atoms with Crippen LogP contribution in [0.2, 0.25) is 0 Å². The van der Waals surface area contributed by atoms with E-state index in [1.807, 2.05) is 0 Å². The fourth-order valence-electron chi connectivity index (χ4n) is 1.92. The Bertz CT molecular complexity index is 494. The highest BCUT2D eigenvalue weighted by Crippen LogP contribution is 2.44. The van der Waals surface area contributed by atoms with Crippen molar-refractivity contribution in [3.63, 3.8) is 0 Å². The Kier molecular flexibility index (Phi) is 3.46. The second-order valence-corrected chi connectivity index (χ2v) is 5.61. The van der Waals surface area contributed by atoms with E-state index in [9.17, 15) is 9.59 Å². The molecule has 102 valence electrons. The van der Waals surface area contributed by atoms with E-state index in [1.165, 1.54) is 0 Å². The molecule has 1 aromatic rings. The molecule has 5 nitrogen and oxygen atoms in total. The topological polar surface area (TPSA) is 78.4 Å². The molecule has 1 atom stereocenters. The van der Waals surface area contributed by atoms with Gasteiger partial charge in [-0.3, -0.25) is 4.79 Å². The first-order chi connectivity index (χ1) is 8.87. The largest absolute Gasteiger partial charge is 0.481 e. The van der Waals surface area contributed by atoms with E-state index in [0.29, 0.717) is 11.3 Å². The van der Waals surface area contributed by atoms with Crippen LogP contribution in [0.5, 0.6) is 0 Å². The minimum absolute atomic E-state index is 0.0112. The predicted octanol–water partition coefficient (Wildman–Crippen LogP) is 2.23. The molecule has 0 aliphatic heterocycles. The van der Waals surface area contributed by atoms with Crippen molar-refractivity contribution in [1.82, 2.24) is 5.32 Å². The molecule has 2 amide bonds. The number of urea groups is 1. The van der Waals surface area contributed by atoms with Crippen molar-refractivity contribution in [2.75, 3.05) is 5.32 Å². The Morgan fingerprint density at radius 2 is 1.89 bits per heavy atom. The van der Waals surface area contributed by atoms with E-state index in [1.54, 1.807) is 24.3 Å². The molecule has 0 bridgehead atoms. The smallest absolute Gasteiger partial charge is 0.319 e. The van der Waals surface area contributed by atoms with Crippen molar-refractivity contribution in [2.45, 2.75) is 32.7 Å². The Balaban J connectivity index is 1.85. The number of hydrogen-bond donors (Lipinski definition) is 3. The lowest BCUT2D eigenvalue weighted by atomic mass is 10.1. The number of carbonyl (C=O) groups is 2. The summed E-state index contributed by atoms with van der Waals surface area (Å²) in [6.07, 6.45) is 0.987. The summed E-state index contributed by atoms with van der Waals surface area (Å²) in [5.41, 5.74) is 1.56. The minimum Gasteiger partial charge on any atom is -0.481 e. The molecular weight excluding hydrogens is 244 g/mol. The number of carboxylic acids is 1. The summed E-state index contributed by atoms with van der Waals surface area (Å²) in [4.78, 5) is 22.2. The number of carbonyl (C=O) groups excluding carboxylic acids is 1. The van der Waals surface area contributed by atoms with Gasteiger partial charge in [-0.1, -0.05) is 26.0 Å². The Morgan fingerprint density at radius 1 is 1.32 bits per heavy atom. The molecule has 3 N–H and O–H groups in total. The molecule has 1 saturated carbocycles. The first-order valence-electron chi connectivity index (χ1n) is 6.25. The zero-order valence-corrected chi connectivity index (χ0v) is 11.1. The predicted molar refractivity (Wildman–Crippen MR) is 72.1 cm³/mol. The molecule has 1 aliphatic carbocycles. The molecule has 0 spiro atoms. The third kappa shape index (κ3) is 3.71. The monoisotopic (exact) mass is 262 g/mol. The van der Waals surface area contributed by atoms with Crippen molar-refractivity contribution in [1.29, 1.82) is 0 Å². The zero-order valence-electron chi connectivity index (χ0n) is 11.1. The third-order valence-electron chi connectivity index (χ3n) is 3.39. The van der Waals surface area contributed by atoms with Gasteiger partial charge in [0.15, 0.2) is 0 Å². The van der Waals surface area contributed by atoms with Crippen LogP contribution in [0.15, 0.2) is 24.3 Å². The van der Waals surface area contributed by atoms with Crippen molar-refractivity contribution in [3.8, 4) is 0 Å². The number of hydrogen-bond acceptors (Lipinski definition) is 2. The van der Waals surface area contributed by atoms with E-state index in [4.69, 9.17) is 5.11 Å². The van der Waals surface area contributed by atoms with Gasteiger partial charge in [-0.25, -0.2) is 4.79 Å². The van der Waals surface area contributed by atoms with Gasteiger partial charge in [0.05, 0.1) is 6.42 Å². The van der Waals surface area contributed by atoms with Crippen LogP contribution >= 0.6 is 0 Å². The van der Waals surface area contributed by atoms with Crippen LogP contribution < -0.4 is 10.6 Å². The summed E-state index contributed by atoms with van der Waals surface area (Å²) in [5, 5.41) is 14.3. The fourth-order valence-corrected chi connectivity index (χ4v) is 1.92. The van der Waals surface area contributed by atoms with Gasteiger partial charge in [-0.2, -0.15) is 0 Å².